The highest BCUT2D eigenvalue weighted by Crippen LogP contribution is 1.84. The van der Waals surface area contributed by atoms with Crippen LogP contribution in [-0.4, -0.2) is 19.1 Å². The predicted octanol–water partition coefficient (Wildman–Crippen LogP) is 0.672. The van der Waals surface area contributed by atoms with E-state index >= 15 is 0 Å². The first-order valence-corrected chi connectivity index (χ1v) is 3.15. The first kappa shape index (κ1) is 7.92. The second-order valence-electron chi connectivity index (χ2n) is 1.83. The average molecular weight is 114 g/mol. The lowest BCUT2D eigenvalue weighted by molar-refractivity contribution is 0.556. The standard InChI is InChI=1S/C6H14N2/c1-3-6(7)5-8-4-2/h6-7H,3-5H2,1-2H3. The van der Waals surface area contributed by atoms with Gasteiger partial charge in [0.15, 0.2) is 0 Å². The van der Waals surface area contributed by atoms with Gasteiger partial charge in [0.2, 0.25) is 0 Å². The minimum absolute atomic E-state index is 0.0370. The van der Waals surface area contributed by atoms with E-state index in [-0.39, 0.29) is 6.04 Å². The molecule has 48 valence electrons. The molecule has 2 radical (unpaired) electrons. The zero-order chi connectivity index (χ0) is 6.41. The average Bonchev–Trinajstić information content (AvgIpc) is 1.83. The van der Waals surface area contributed by atoms with Gasteiger partial charge in [-0.1, -0.05) is 13.8 Å². The van der Waals surface area contributed by atoms with Crippen LogP contribution >= 0.6 is 0 Å². The third-order valence-corrected chi connectivity index (χ3v) is 1.07. The Hall–Kier alpha value is -0.0800. The summed E-state index contributed by atoms with van der Waals surface area (Å²) in [6.07, 6.45) is 0.920. The molecular formula is C6H14N2. The molecule has 0 spiro atoms. The van der Waals surface area contributed by atoms with Gasteiger partial charge in [-0.3, -0.25) is 5.73 Å². The molecule has 8 heavy (non-hydrogen) atoms. The summed E-state index contributed by atoms with van der Waals surface area (Å²) < 4.78 is 0. The maximum absolute atomic E-state index is 7.23. The van der Waals surface area contributed by atoms with Gasteiger partial charge in [-0.2, -0.15) is 0 Å². The topological polar surface area (TPSA) is 37.9 Å². The van der Waals surface area contributed by atoms with Gasteiger partial charge < -0.3 is 0 Å². The predicted molar refractivity (Wildman–Crippen MR) is 34.7 cm³/mol. The molecule has 1 N–H and O–H groups in total. The first-order valence-electron chi connectivity index (χ1n) is 3.15. The Bertz CT molecular complexity index is 45.8. The molecule has 0 saturated carbocycles. The molecule has 0 aromatic rings. The van der Waals surface area contributed by atoms with Gasteiger partial charge in [-0.15, -0.1) is 0 Å². The van der Waals surface area contributed by atoms with Gasteiger partial charge in [-0.05, 0) is 6.42 Å². The Labute approximate surface area is 51.5 Å². The van der Waals surface area contributed by atoms with E-state index in [1.54, 1.807) is 0 Å². The summed E-state index contributed by atoms with van der Waals surface area (Å²) in [7, 11) is 0. The van der Waals surface area contributed by atoms with Gasteiger partial charge in [0.05, 0.1) is 0 Å². The van der Waals surface area contributed by atoms with Crippen molar-refractivity contribution in [1.29, 1.82) is 0 Å². The molecule has 2 nitrogen and oxygen atoms in total. The third kappa shape index (κ3) is 4.09. The monoisotopic (exact) mass is 114 g/mol. The fourth-order valence-electron chi connectivity index (χ4n) is 0.414. The van der Waals surface area contributed by atoms with E-state index in [0.717, 1.165) is 13.0 Å². The van der Waals surface area contributed by atoms with Crippen molar-refractivity contribution in [3.05, 3.63) is 0 Å². The molecule has 0 rings (SSSR count). The number of likely N-dealkylation sites (N-methyl/N-ethyl adjacent to an activating group) is 1. The summed E-state index contributed by atoms with van der Waals surface area (Å²) in [5.41, 5.74) is 7.23. The lowest BCUT2D eigenvalue weighted by atomic mass is 10.2. The van der Waals surface area contributed by atoms with Crippen LogP contribution in [0, 0.1) is 0 Å². The Morgan fingerprint density at radius 3 is 2.50 bits per heavy atom. The highest BCUT2D eigenvalue weighted by Gasteiger charge is 1.96. The van der Waals surface area contributed by atoms with Gasteiger partial charge in [0.25, 0.3) is 0 Å². The fourth-order valence-corrected chi connectivity index (χ4v) is 0.414. The van der Waals surface area contributed by atoms with Crippen molar-refractivity contribution in [3.8, 4) is 0 Å². The molecule has 0 aromatic carbocycles. The quantitative estimate of drug-likeness (QED) is 0.515. The molecule has 1 atom stereocenters. The van der Waals surface area contributed by atoms with Gasteiger partial charge in [-0.25, -0.2) is 5.32 Å². The third-order valence-electron chi connectivity index (χ3n) is 1.07. The van der Waals surface area contributed by atoms with Crippen molar-refractivity contribution in [3.63, 3.8) is 0 Å². The Balaban J connectivity index is 2.86. The Morgan fingerprint density at radius 1 is 1.50 bits per heavy atom. The highest BCUT2D eigenvalue weighted by atomic mass is 14.9. The van der Waals surface area contributed by atoms with Crippen molar-refractivity contribution in [2.24, 2.45) is 0 Å². The maximum atomic E-state index is 7.23. The summed E-state index contributed by atoms with van der Waals surface area (Å²) in [4.78, 5) is 0. The van der Waals surface area contributed by atoms with Crippen LogP contribution in [0.25, 0.3) is 0 Å². The summed E-state index contributed by atoms with van der Waals surface area (Å²) in [6.45, 7) is 5.59. The summed E-state index contributed by atoms with van der Waals surface area (Å²) >= 11 is 0. The second kappa shape index (κ2) is 5.06. The molecule has 0 aliphatic carbocycles. The summed E-state index contributed by atoms with van der Waals surface area (Å²) in [6, 6.07) is 0.0370. The van der Waals surface area contributed by atoms with Crippen molar-refractivity contribution >= 4 is 0 Å². The van der Waals surface area contributed by atoms with Crippen LogP contribution in [0.15, 0.2) is 0 Å². The summed E-state index contributed by atoms with van der Waals surface area (Å²) in [5, 5.41) is 4.06. The zero-order valence-electron chi connectivity index (χ0n) is 5.65. The van der Waals surface area contributed by atoms with Crippen LogP contribution in [0.1, 0.15) is 20.3 Å². The molecule has 0 aliphatic rings. The van der Waals surface area contributed by atoms with Gasteiger partial charge in [0, 0.05) is 19.1 Å². The molecule has 0 bridgehead atoms. The van der Waals surface area contributed by atoms with E-state index in [4.69, 9.17) is 5.73 Å². The number of rotatable bonds is 4. The van der Waals surface area contributed by atoms with Crippen LogP contribution in [0.4, 0.5) is 0 Å². The lowest BCUT2D eigenvalue weighted by Crippen LogP contribution is -2.21. The zero-order valence-corrected chi connectivity index (χ0v) is 5.65. The summed E-state index contributed by atoms with van der Waals surface area (Å²) in [5.74, 6) is 0. The van der Waals surface area contributed by atoms with E-state index < -0.39 is 0 Å². The minimum atomic E-state index is 0.0370. The van der Waals surface area contributed by atoms with Crippen LogP contribution in [0.2, 0.25) is 0 Å². The molecule has 0 aliphatic heterocycles. The number of hydrogen-bond acceptors (Lipinski definition) is 0. The number of nitrogens with zero attached hydrogens (tertiary/aromatic N) is 1. The molecule has 0 aromatic heterocycles. The number of nitrogens with one attached hydrogen (secondary N) is 1. The molecule has 2 heteroatoms. The first-order chi connectivity index (χ1) is 3.81. The molecule has 0 heterocycles. The largest absolute Gasteiger partial charge is 0.253 e. The highest BCUT2D eigenvalue weighted by molar-refractivity contribution is 4.58. The van der Waals surface area contributed by atoms with Crippen molar-refractivity contribution < 1.29 is 0 Å². The molecule has 1 unspecified atom stereocenters. The smallest absolute Gasteiger partial charge is 0.0351 e. The molecule has 0 fully saturated rings. The van der Waals surface area contributed by atoms with E-state index in [2.05, 4.69) is 5.32 Å². The Kier molecular flexibility index (Phi) is 5.01. The van der Waals surface area contributed by atoms with Crippen molar-refractivity contribution in [1.82, 2.24) is 11.1 Å². The SMILES string of the molecule is CC[N]CC([NH])CC. The van der Waals surface area contributed by atoms with Crippen molar-refractivity contribution in [2.75, 3.05) is 13.1 Å². The minimum Gasteiger partial charge on any atom is -0.253 e. The van der Waals surface area contributed by atoms with Gasteiger partial charge >= 0.3 is 0 Å². The van der Waals surface area contributed by atoms with E-state index in [1.165, 1.54) is 0 Å². The van der Waals surface area contributed by atoms with Crippen molar-refractivity contribution in [2.45, 2.75) is 26.3 Å². The molecular weight excluding hydrogens is 100 g/mol. The van der Waals surface area contributed by atoms with E-state index in [9.17, 15) is 0 Å². The normalized spacial score (nSPS) is 13.9. The second-order valence-corrected chi connectivity index (χ2v) is 1.83. The van der Waals surface area contributed by atoms with Crippen LogP contribution < -0.4 is 11.1 Å². The lowest BCUT2D eigenvalue weighted by Gasteiger charge is -2.03. The van der Waals surface area contributed by atoms with Crippen LogP contribution in [-0.2, 0) is 0 Å². The van der Waals surface area contributed by atoms with Gasteiger partial charge in [0.1, 0.15) is 0 Å². The molecule has 0 amide bonds. The number of hydrogen-bond donors (Lipinski definition) is 0. The van der Waals surface area contributed by atoms with E-state index in [1.807, 2.05) is 13.8 Å². The molecule has 0 saturated heterocycles. The Morgan fingerprint density at radius 2 is 2.12 bits per heavy atom. The van der Waals surface area contributed by atoms with E-state index in [0.29, 0.717) is 6.54 Å². The fraction of sp³-hybridized carbons (Fsp3) is 1.00. The maximum Gasteiger partial charge on any atom is 0.0351 e. The van der Waals surface area contributed by atoms with Crippen LogP contribution in [0.3, 0.4) is 0 Å². The van der Waals surface area contributed by atoms with Crippen LogP contribution in [0.5, 0.6) is 0 Å².